The molecule has 2 heterocycles. The smallest absolute Gasteiger partial charge is 0.141 e. The van der Waals surface area contributed by atoms with Gasteiger partial charge in [-0.25, -0.2) is 15.8 Å². The van der Waals surface area contributed by atoms with Crippen LogP contribution in [0.4, 0.5) is 11.5 Å². The second kappa shape index (κ2) is 4.63. The van der Waals surface area contributed by atoms with Crippen molar-refractivity contribution in [1.29, 1.82) is 0 Å². The zero-order chi connectivity index (χ0) is 11.4. The summed E-state index contributed by atoms with van der Waals surface area (Å²) in [4.78, 5) is 8.24. The van der Waals surface area contributed by atoms with Crippen molar-refractivity contribution >= 4 is 11.5 Å². The van der Waals surface area contributed by atoms with E-state index in [2.05, 4.69) is 20.7 Å². The van der Waals surface area contributed by atoms with Crippen LogP contribution in [0.15, 0.2) is 30.7 Å². The van der Waals surface area contributed by atoms with E-state index >= 15 is 0 Å². The first-order chi connectivity index (χ1) is 7.79. The number of hydrazine groups is 1. The number of aromatic nitrogens is 3. The summed E-state index contributed by atoms with van der Waals surface area (Å²) < 4.78 is 1.97. The Hall–Kier alpha value is -2.08. The van der Waals surface area contributed by atoms with E-state index in [1.54, 1.807) is 12.4 Å². The molecule has 0 saturated heterocycles. The average molecular weight is 218 g/mol. The SMILES string of the molecule is Cn1ccnc1CNc1ccnc(NN)c1. The van der Waals surface area contributed by atoms with Gasteiger partial charge in [0.1, 0.15) is 11.6 Å². The highest BCUT2D eigenvalue weighted by Gasteiger charge is 1.99. The monoisotopic (exact) mass is 218 g/mol. The molecule has 2 aromatic rings. The molecule has 6 heteroatoms. The quantitative estimate of drug-likeness (QED) is 0.520. The average Bonchev–Trinajstić information content (AvgIpc) is 2.72. The molecule has 0 aliphatic rings. The molecular formula is C10H14N6. The van der Waals surface area contributed by atoms with Crippen molar-refractivity contribution in [2.24, 2.45) is 12.9 Å². The van der Waals surface area contributed by atoms with Gasteiger partial charge < -0.3 is 15.3 Å². The van der Waals surface area contributed by atoms with Crippen LogP contribution in [0.3, 0.4) is 0 Å². The van der Waals surface area contributed by atoms with Crippen LogP contribution < -0.4 is 16.6 Å². The molecule has 0 unspecified atom stereocenters. The first kappa shape index (κ1) is 10.4. The van der Waals surface area contributed by atoms with Crippen LogP contribution in [0.5, 0.6) is 0 Å². The minimum Gasteiger partial charge on any atom is -0.378 e. The highest BCUT2D eigenvalue weighted by atomic mass is 15.2. The lowest BCUT2D eigenvalue weighted by molar-refractivity contribution is 0.813. The lowest BCUT2D eigenvalue weighted by Crippen LogP contribution is -2.09. The normalized spacial score (nSPS) is 10.1. The zero-order valence-electron chi connectivity index (χ0n) is 9.01. The molecule has 0 amide bonds. The van der Waals surface area contributed by atoms with Crippen LogP contribution in [-0.2, 0) is 13.6 Å². The van der Waals surface area contributed by atoms with E-state index in [9.17, 15) is 0 Å². The topological polar surface area (TPSA) is 80.8 Å². The Morgan fingerprint density at radius 1 is 1.38 bits per heavy atom. The van der Waals surface area contributed by atoms with Crippen LogP contribution in [-0.4, -0.2) is 14.5 Å². The number of nitrogens with two attached hydrogens (primary N) is 1. The van der Waals surface area contributed by atoms with E-state index in [0.717, 1.165) is 11.5 Å². The molecular weight excluding hydrogens is 204 g/mol. The maximum Gasteiger partial charge on any atom is 0.141 e. The number of nitrogens with zero attached hydrogens (tertiary/aromatic N) is 3. The second-order valence-electron chi connectivity index (χ2n) is 3.38. The number of imidazole rings is 1. The molecule has 0 atom stereocenters. The number of anilines is 2. The van der Waals surface area contributed by atoms with Gasteiger partial charge in [-0.1, -0.05) is 0 Å². The Morgan fingerprint density at radius 2 is 2.25 bits per heavy atom. The highest BCUT2D eigenvalue weighted by molar-refractivity contribution is 5.51. The predicted molar refractivity (Wildman–Crippen MR) is 62.6 cm³/mol. The summed E-state index contributed by atoms with van der Waals surface area (Å²) in [5, 5.41) is 3.24. The maximum absolute atomic E-state index is 5.28. The fraction of sp³-hybridized carbons (Fsp3) is 0.200. The maximum atomic E-state index is 5.28. The Labute approximate surface area is 93.5 Å². The van der Waals surface area contributed by atoms with E-state index in [0.29, 0.717) is 12.4 Å². The largest absolute Gasteiger partial charge is 0.378 e. The summed E-state index contributed by atoms with van der Waals surface area (Å²) >= 11 is 0. The number of hydrogen-bond donors (Lipinski definition) is 3. The number of aryl methyl sites for hydroxylation is 1. The molecule has 84 valence electrons. The fourth-order valence-corrected chi connectivity index (χ4v) is 1.37. The van der Waals surface area contributed by atoms with E-state index in [1.165, 1.54) is 0 Å². The zero-order valence-corrected chi connectivity index (χ0v) is 9.01. The molecule has 0 aliphatic carbocycles. The third kappa shape index (κ3) is 2.29. The molecule has 6 nitrogen and oxygen atoms in total. The summed E-state index contributed by atoms with van der Waals surface area (Å²) in [6.45, 7) is 0.664. The summed E-state index contributed by atoms with van der Waals surface area (Å²) in [6, 6.07) is 3.72. The van der Waals surface area contributed by atoms with Crippen molar-refractivity contribution < 1.29 is 0 Å². The lowest BCUT2D eigenvalue weighted by Gasteiger charge is -2.07. The van der Waals surface area contributed by atoms with Crippen molar-refractivity contribution in [3.63, 3.8) is 0 Å². The van der Waals surface area contributed by atoms with Gasteiger partial charge in [-0.2, -0.15) is 0 Å². The van der Waals surface area contributed by atoms with Crippen molar-refractivity contribution in [3.8, 4) is 0 Å². The Kier molecular flexibility index (Phi) is 3.02. The molecule has 0 aromatic carbocycles. The van der Waals surface area contributed by atoms with Gasteiger partial charge in [0.15, 0.2) is 0 Å². The van der Waals surface area contributed by atoms with Gasteiger partial charge >= 0.3 is 0 Å². The molecule has 0 radical (unpaired) electrons. The Balaban J connectivity index is 2.02. The molecule has 16 heavy (non-hydrogen) atoms. The first-order valence-electron chi connectivity index (χ1n) is 4.92. The van der Waals surface area contributed by atoms with Gasteiger partial charge in [0, 0.05) is 37.4 Å². The van der Waals surface area contributed by atoms with Gasteiger partial charge in [-0.05, 0) is 6.07 Å². The van der Waals surface area contributed by atoms with E-state index in [4.69, 9.17) is 5.84 Å². The summed E-state index contributed by atoms with van der Waals surface area (Å²) in [7, 11) is 1.96. The van der Waals surface area contributed by atoms with Crippen molar-refractivity contribution in [2.75, 3.05) is 10.7 Å². The molecule has 0 spiro atoms. The fourth-order valence-electron chi connectivity index (χ4n) is 1.37. The van der Waals surface area contributed by atoms with Gasteiger partial charge in [-0.3, -0.25) is 0 Å². The van der Waals surface area contributed by atoms with Crippen LogP contribution in [0.1, 0.15) is 5.82 Å². The minimum absolute atomic E-state index is 0.629. The van der Waals surface area contributed by atoms with E-state index in [1.807, 2.05) is 29.9 Å². The number of nitrogen functional groups attached to an aromatic ring is 1. The lowest BCUT2D eigenvalue weighted by atomic mass is 10.4. The molecule has 4 N–H and O–H groups in total. The molecule has 2 aromatic heterocycles. The molecule has 0 fully saturated rings. The van der Waals surface area contributed by atoms with Gasteiger partial charge in [0.25, 0.3) is 0 Å². The summed E-state index contributed by atoms with van der Waals surface area (Å²) in [5.74, 6) is 6.88. The summed E-state index contributed by atoms with van der Waals surface area (Å²) in [6.07, 6.45) is 5.38. The molecule has 0 bridgehead atoms. The van der Waals surface area contributed by atoms with Gasteiger partial charge in [-0.15, -0.1) is 0 Å². The van der Waals surface area contributed by atoms with E-state index < -0.39 is 0 Å². The van der Waals surface area contributed by atoms with Gasteiger partial charge in [0.05, 0.1) is 6.54 Å². The number of pyridine rings is 1. The van der Waals surface area contributed by atoms with Crippen LogP contribution in [0.25, 0.3) is 0 Å². The predicted octanol–water partition coefficient (Wildman–Crippen LogP) is 0.713. The third-order valence-corrected chi connectivity index (χ3v) is 2.28. The number of rotatable bonds is 4. The van der Waals surface area contributed by atoms with Crippen LogP contribution in [0, 0.1) is 0 Å². The van der Waals surface area contributed by atoms with Crippen molar-refractivity contribution in [2.45, 2.75) is 6.54 Å². The van der Waals surface area contributed by atoms with E-state index in [-0.39, 0.29) is 0 Å². The minimum atomic E-state index is 0.629. The van der Waals surface area contributed by atoms with Gasteiger partial charge in [0.2, 0.25) is 0 Å². The van der Waals surface area contributed by atoms with Crippen molar-refractivity contribution in [3.05, 3.63) is 36.5 Å². The Bertz CT molecular complexity index is 464. The highest BCUT2D eigenvalue weighted by Crippen LogP contribution is 2.11. The number of nitrogens with one attached hydrogen (secondary N) is 2. The number of hydrogen-bond acceptors (Lipinski definition) is 5. The Morgan fingerprint density at radius 3 is 2.94 bits per heavy atom. The van der Waals surface area contributed by atoms with Crippen LogP contribution in [0.2, 0.25) is 0 Å². The summed E-state index contributed by atoms with van der Waals surface area (Å²) in [5.41, 5.74) is 3.45. The standard InChI is InChI=1S/C10H14N6/c1-16-5-4-13-10(16)7-14-8-2-3-12-9(6-8)15-11/h2-6H,7,11H2,1H3,(H2,12,14,15). The molecule has 0 saturated carbocycles. The second-order valence-corrected chi connectivity index (χ2v) is 3.38. The molecule has 0 aliphatic heterocycles. The van der Waals surface area contributed by atoms with Crippen molar-refractivity contribution in [1.82, 2.24) is 14.5 Å². The molecule has 2 rings (SSSR count). The third-order valence-electron chi connectivity index (χ3n) is 2.28. The first-order valence-corrected chi connectivity index (χ1v) is 4.92. The van der Waals surface area contributed by atoms with Crippen LogP contribution >= 0.6 is 0 Å².